The summed E-state index contributed by atoms with van der Waals surface area (Å²) in [6.45, 7) is 0. The van der Waals surface area contributed by atoms with Crippen molar-refractivity contribution in [3.8, 4) is 0 Å². The number of halogens is 14. The number of hydrogen-bond donors (Lipinski definition) is 1. The van der Waals surface area contributed by atoms with Crippen LogP contribution < -0.4 is 5.56 Å². The molecule has 16 heteroatoms. The van der Waals surface area contributed by atoms with Crippen LogP contribution in [0.5, 0.6) is 0 Å². The molecular weight excluding hydrogens is 493 g/mol. The monoisotopic (exact) mass is 497 g/mol. The highest BCUT2D eigenvalue weighted by atomic mass is 35.5. The van der Waals surface area contributed by atoms with Gasteiger partial charge in [0.05, 0.1) is 5.56 Å². The third-order valence-corrected chi connectivity index (χ3v) is 4.31. The molecule has 0 saturated heterocycles. The zero-order chi connectivity index (χ0) is 24.4. The average Bonchev–Trinajstić information content (AvgIpc) is 2.59. The summed E-state index contributed by atoms with van der Waals surface area (Å²) in [5, 5.41) is -0.851. The topological polar surface area (TPSA) is 32.9 Å². The lowest BCUT2D eigenvalue weighted by Crippen LogP contribution is -2.69. The first kappa shape index (κ1) is 25.1. The smallest absolute Gasteiger partial charge is 0.322 e. The second kappa shape index (κ2) is 6.90. The van der Waals surface area contributed by atoms with E-state index in [1.807, 2.05) is 0 Å². The number of fused-ring (bicyclic) bond motifs is 1. The number of alkyl halides is 13. The second-order valence-electron chi connectivity index (χ2n) is 6.11. The Balaban J connectivity index is 2.73. The molecule has 0 unspecified atom stereocenters. The van der Waals surface area contributed by atoms with Crippen molar-refractivity contribution in [2.45, 2.75) is 35.8 Å². The predicted molar refractivity (Wildman–Crippen MR) is 79.3 cm³/mol. The molecule has 0 radical (unpaired) electrons. The van der Waals surface area contributed by atoms with Crippen LogP contribution >= 0.6 is 11.6 Å². The molecule has 1 aromatic carbocycles. The summed E-state index contributed by atoms with van der Waals surface area (Å²) in [6.07, 6.45) is -7.51. The molecule has 0 amide bonds. The molecule has 0 spiro atoms. The molecule has 2 rings (SSSR count). The van der Waals surface area contributed by atoms with Crippen LogP contribution in [0.1, 0.15) is 5.56 Å². The molecule has 1 heterocycles. The van der Waals surface area contributed by atoms with E-state index in [1.165, 1.54) is 4.98 Å². The highest BCUT2D eigenvalue weighted by Crippen LogP contribution is 2.61. The van der Waals surface area contributed by atoms with Gasteiger partial charge in [0.15, 0.2) is 0 Å². The molecule has 1 N–H and O–H groups in total. The van der Waals surface area contributed by atoms with Gasteiger partial charge in [-0.25, -0.2) is 0 Å². The first-order chi connectivity index (χ1) is 13.6. The molecule has 2 nitrogen and oxygen atoms in total. The van der Waals surface area contributed by atoms with E-state index in [9.17, 15) is 61.9 Å². The second-order valence-corrected chi connectivity index (χ2v) is 6.55. The van der Waals surface area contributed by atoms with Gasteiger partial charge >= 0.3 is 35.8 Å². The van der Waals surface area contributed by atoms with Crippen LogP contribution in [0.4, 0.5) is 57.1 Å². The Labute approximate surface area is 166 Å². The molecule has 0 atom stereocenters. The number of aromatic amines is 1. The van der Waals surface area contributed by atoms with Gasteiger partial charge < -0.3 is 4.98 Å². The molecule has 0 aliphatic carbocycles. The van der Waals surface area contributed by atoms with Crippen LogP contribution in [0.3, 0.4) is 0 Å². The van der Waals surface area contributed by atoms with Crippen LogP contribution in [-0.2, 0) is 5.92 Å². The van der Waals surface area contributed by atoms with Gasteiger partial charge in [0, 0.05) is 15.9 Å². The third-order valence-electron chi connectivity index (χ3n) is 4.08. The van der Waals surface area contributed by atoms with E-state index in [1.54, 1.807) is 0 Å². The Hall–Kier alpha value is -2.19. The third kappa shape index (κ3) is 3.40. The number of pyridine rings is 1. The van der Waals surface area contributed by atoms with Crippen molar-refractivity contribution >= 4 is 22.5 Å². The summed E-state index contributed by atoms with van der Waals surface area (Å²) in [4.78, 5) is 13.2. The SMILES string of the molecule is O=c1[nH]c2ccc(Cl)cc2cc1C(F)(F)C(F)(F)C(F)(F)C(F)(F)C(F)(F)C(F)(F)F. The number of H-pyrrole nitrogens is 1. The Morgan fingerprint density at radius 1 is 0.677 bits per heavy atom. The lowest BCUT2D eigenvalue weighted by atomic mass is 9.90. The molecule has 31 heavy (non-hydrogen) atoms. The minimum atomic E-state index is -8.04. The maximum Gasteiger partial charge on any atom is 0.460 e. The van der Waals surface area contributed by atoms with Gasteiger partial charge in [-0.05, 0) is 24.3 Å². The largest absolute Gasteiger partial charge is 0.460 e. The van der Waals surface area contributed by atoms with E-state index in [0.717, 1.165) is 18.2 Å². The fraction of sp³-hybridized carbons (Fsp3) is 0.400. The zero-order valence-corrected chi connectivity index (χ0v) is 14.8. The van der Waals surface area contributed by atoms with Crippen molar-refractivity contribution in [1.82, 2.24) is 4.98 Å². The van der Waals surface area contributed by atoms with Crippen molar-refractivity contribution in [2.75, 3.05) is 0 Å². The minimum Gasteiger partial charge on any atom is -0.322 e. The molecule has 0 fully saturated rings. The standard InChI is InChI=1S/C15H5ClF13NO/c16-6-1-2-8-5(3-6)4-7(9(31)30-8)10(17,18)11(19,20)12(21,22)13(23,24)14(25,26)15(27,28)29/h1-4H,(H,30,31). The Morgan fingerprint density at radius 3 is 1.65 bits per heavy atom. The Morgan fingerprint density at radius 2 is 1.16 bits per heavy atom. The van der Waals surface area contributed by atoms with Crippen molar-refractivity contribution in [3.63, 3.8) is 0 Å². The zero-order valence-electron chi connectivity index (χ0n) is 14.0. The quantitative estimate of drug-likeness (QED) is 0.478. The summed E-state index contributed by atoms with van der Waals surface area (Å²) >= 11 is 5.50. The molecule has 0 bridgehead atoms. The summed E-state index contributed by atoms with van der Waals surface area (Å²) < 4.78 is 172. The van der Waals surface area contributed by atoms with E-state index in [0.29, 0.717) is 0 Å². The maximum absolute atomic E-state index is 14.2. The van der Waals surface area contributed by atoms with Crippen LogP contribution in [0.25, 0.3) is 10.9 Å². The molecule has 0 aliphatic heterocycles. The van der Waals surface area contributed by atoms with Gasteiger partial charge in [-0.15, -0.1) is 0 Å². The summed E-state index contributed by atoms with van der Waals surface area (Å²) in [6, 6.07) is 2.59. The van der Waals surface area contributed by atoms with Gasteiger partial charge in [-0.3, -0.25) is 4.79 Å². The van der Waals surface area contributed by atoms with Crippen LogP contribution in [0.2, 0.25) is 5.02 Å². The summed E-state index contributed by atoms with van der Waals surface area (Å²) in [5.41, 5.74) is -5.21. The van der Waals surface area contributed by atoms with Crippen molar-refractivity contribution in [3.05, 3.63) is 45.2 Å². The van der Waals surface area contributed by atoms with Gasteiger partial charge in [-0.2, -0.15) is 57.1 Å². The van der Waals surface area contributed by atoms with Crippen molar-refractivity contribution < 1.29 is 57.1 Å². The van der Waals surface area contributed by atoms with Gasteiger partial charge in [-0.1, -0.05) is 11.6 Å². The number of rotatable bonds is 5. The van der Waals surface area contributed by atoms with E-state index < -0.39 is 52.3 Å². The molecule has 0 aliphatic rings. The van der Waals surface area contributed by atoms with Gasteiger partial charge in [0.25, 0.3) is 5.56 Å². The lowest BCUT2D eigenvalue weighted by molar-refractivity contribution is -0.441. The Kier molecular flexibility index (Phi) is 5.58. The van der Waals surface area contributed by atoms with Crippen molar-refractivity contribution in [1.29, 1.82) is 0 Å². The maximum atomic E-state index is 14.2. The molecule has 174 valence electrons. The van der Waals surface area contributed by atoms with Crippen LogP contribution in [0.15, 0.2) is 29.1 Å². The number of hydrogen-bond acceptors (Lipinski definition) is 1. The van der Waals surface area contributed by atoms with Gasteiger partial charge in [0.2, 0.25) is 0 Å². The fourth-order valence-electron chi connectivity index (χ4n) is 2.35. The summed E-state index contributed by atoms with van der Waals surface area (Å²) in [7, 11) is 0. The van der Waals surface area contributed by atoms with E-state index in [4.69, 9.17) is 11.6 Å². The predicted octanol–water partition coefficient (Wildman–Crippen LogP) is 6.38. The number of aromatic nitrogens is 1. The molecule has 2 aromatic rings. The average molecular weight is 498 g/mol. The van der Waals surface area contributed by atoms with Crippen molar-refractivity contribution in [2.24, 2.45) is 0 Å². The normalized spacial score (nSPS) is 14.9. The highest BCUT2D eigenvalue weighted by molar-refractivity contribution is 6.31. The number of benzene rings is 1. The molecule has 0 saturated carbocycles. The van der Waals surface area contributed by atoms with E-state index >= 15 is 0 Å². The first-order valence-electron chi connectivity index (χ1n) is 7.42. The van der Waals surface area contributed by atoms with Crippen LogP contribution in [-0.4, -0.2) is 34.9 Å². The minimum absolute atomic E-state index is 0.177. The summed E-state index contributed by atoms with van der Waals surface area (Å²) in [5.74, 6) is -38.1. The van der Waals surface area contributed by atoms with E-state index in [2.05, 4.69) is 0 Å². The van der Waals surface area contributed by atoms with Crippen LogP contribution in [0, 0.1) is 0 Å². The molecule has 1 aromatic heterocycles. The Bertz CT molecular complexity index is 1060. The highest BCUT2D eigenvalue weighted by Gasteiger charge is 2.91. The van der Waals surface area contributed by atoms with Gasteiger partial charge in [0.1, 0.15) is 0 Å². The first-order valence-corrected chi connectivity index (χ1v) is 7.79. The fourth-order valence-corrected chi connectivity index (χ4v) is 2.53. The van der Waals surface area contributed by atoms with E-state index in [-0.39, 0.29) is 16.6 Å². The lowest BCUT2D eigenvalue weighted by Gasteiger charge is -2.39. The molecular formula is C15H5ClF13NO. The number of nitrogens with one attached hydrogen (secondary N) is 1.